The summed E-state index contributed by atoms with van der Waals surface area (Å²) in [7, 11) is 1.66. The maximum Gasteiger partial charge on any atom is 0.226 e. The molecule has 0 aromatic heterocycles. The molecule has 0 bridgehead atoms. The molecule has 0 unspecified atom stereocenters. The molecule has 0 saturated heterocycles. The van der Waals surface area contributed by atoms with E-state index in [0.29, 0.717) is 13.1 Å². The van der Waals surface area contributed by atoms with E-state index in [1.807, 2.05) is 69.3 Å². The van der Waals surface area contributed by atoms with Gasteiger partial charge in [0.05, 0.1) is 13.7 Å². The predicted molar refractivity (Wildman–Crippen MR) is 130 cm³/mol. The number of anilines is 1. The molecule has 0 aliphatic heterocycles. The molecule has 2 rings (SSSR count). The molecule has 0 heterocycles. The Morgan fingerprint density at radius 2 is 1.62 bits per heavy atom. The molecule has 0 saturated carbocycles. The van der Waals surface area contributed by atoms with Gasteiger partial charge < -0.3 is 20.7 Å². The number of nitrogens with zero attached hydrogens (tertiary/aromatic N) is 1. The van der Waals surface area contributed by atoms with E-state index in [-0.39, 0.29) is 35.8 Å². The molecule has 6 nitrogen and oxygen atoms in total. The molecule has 0 fully saturated rings. The molecule has 158 valence electrons. The Morgan fingerprint density at radius 3 is 2.17 bits per heavy atom. The van der Waals surface area contributed by atoms with Crippen LogP contribution in [0.4, 0.5) is 5.69 Å². The molecule has 2 aromatic carbocycles. The molecule has 0 aliphatic rings. The molecule has 0 aliphatic carbocycles. The first-order valence-corrected chi connectivity index (χ1v) is 9.56. The fourth-order valence-electron chi connectivity index (χ4n) is 2.42. The van der Waals surface area contributed by atoms with Crippen molar-refractivity contribution < 1.29 is 9.53 Å². The first-order chi connectivity index (χ1) is 13.5. The van der Waals surface area contributed by atoms with Gasteiger partial charge in [0.2, 0.25) is 5.91 Å². The zero-order valence-electron chi connectivity index (χ0n) is 17.5. The summed E-state index contributed by atoms with van der Waals surface area (Å²) in [6.45, 7) is 7.81. The van der Waals surface area contributed by atoms with Gasteiger partial charge >= 0.3 is 0 Å². The van der Waals surface area contributed by atoms with E-state index >= 15 is 0 Å². The molecular weight excluding hydrogens is 479 g/mol. The van der Waals surface area contributed by atoms with Gasteiger partial charge in [-0.25, -0.2) is 4.99 Å². The second-order valence-corrected chi connectivity index (χ2v) is 6.74. The highest BCUT2D eigenvalue weighted by molar-refractivity contribution is 14.0. The van der Waals surface area contributed by atoms with Crippen LogP contribution in [0.1, 0.15) is 31.9 Å². The van der Waals surface area contributed by atoms with Crippen LogP contribution in [0.3, 0.4) is 0 Å². The van der Waals surface area contributed by atoms with Crippen LogP contribution in [-0.2, 0) is 17.9 Å². The normalized spacial score (nSPS) is 10.9. The summed E-state index contributed by atoms with van der Waals surface area (Å²) in [5, 5.41) is 9.48. The minimum atomic E-state index is -0.0362. The van der Waals surface area contributed by atoms with Gasteiger partial charge in [0.1, 0.15) is 5.75 Å². The summed E-state index contributed by atoms with van der Waals surface area (Å²) in [5.41, 5.74) is 3.03. The fourth-order valence-corrected chi connectivity index (χ4v) is 2.42. The van der Waals surface area contributed by atoms with Crippen molar-refractivity contribution in [2.24, 2.45) is 10.9 Å². The maximum absolute atomic E-state index is 11.8. The molecular formula is C22H31IN4O2. The quantitative estimate of drug-likeness (QED) is 0.283. The highest BCUT2D eigenvalue weighted by Crippen LogP contribution is 2.12. The van der Waals surface area contributed by atoms with Crippen LogP contribution in [0.5, 0.6) is 5.75 Å². The third-order valence-electron chi connectivity index (χ3n) is 4.13. The second-order valence-electron chi connectivity index (χ2n) is 6.74. The van der Waals surface area contributed by atoms with Crippen molar-refractivity contribution in [2.75, 3.05) is 19.0 Å². The van der Waals surface area contributed by atoms with Crippen molar-refractivity contribution in [1.82, 2.24) is 10.6 Å². The molecule has 0 radical (unpaired) electrons. The van der Waals surface area contributed by atoms with E-state index in [2.05, 4.69) is 20.9 Å². The molecule has 0 atom stereocenters. The Hall–Kier alpha value is -2.29. The van der Waals surface area contributed by atoms with Crippen molar-refractivity contribution >= 4 is 41.5 Å². The van der Waals surface area contributed by atoms with Gasteiger partial charge in [-0.15, -0.1) is 24.0 Å². The monoisotopic (exact) mass is 510 g/mol. The number of ether oxygens (including phenoxy) is 1. The van der Waals surface area contributed by atoms with Crippen LogP contribution in [0, 0.1) is 5.92 Å². The first kappa shape index (κ1) is 24.7. The van der Waals surface area contributed by atoms with Gasteiger partial charge in [-0.3, -0.25) is 4.79 Å². The Kier molecular flexibility index (Phi) is 11.1. The van der Waals surface area contributed by atoms with Gasteiger partial charge in [0, 0.05) is 24.7 Å². The third-order valence-corrected chi connectivity index (χ3v) is 4.13. The standard InChI is InChI=1S/C22H30N4O2.HI/c1-5-23-22(25-15-18-8-12-20(28-4)13-9-18)24-14-17-6-10-19(11-7-17)26-21(27)16(2)3;/h6-13,16H,5,14-15H2,1-4H3,(H,26,27)(H2,23,24,25);1H. The van der Waals surface area contributed by atoms with Crippen LogP contribution in [-0.4, -0.2) is 25.5 Å². The Balaban J connectivity index is 0.00000420. The number of amides is 1. The summed E-state index contributed by atoms with van der Waals surface area (Å²) >= 11 is 0. The summed E-state index contributed by atoms with van der Waals surface area (Å²) in [6, 6.07) is 15.7. The number of guanidine groups is 1. The Morgan fingerprint density at radius 1 is 1.00 bits per heavy atom. The first-order valence-electron chi connectivity index (χ1n) is 9.56. The topological polar surface area (TPSA) is 74.8 Å². The zero-order chi connectivity index (χ0) is 20.4. The number of benzene rings is 2. The number of hydrogen-bond donors (Lipinski definition) is 3. The van der Waals surface area contributed by atoms with Crippen LogP contribution in [0.2, 0.25) is 0 Å². The summed E-state index contributed by atoms with van der Waals surface area (Å²) < 4.78 is 5.18. The lowest BCUT2D eigenvalue weighted by atomic mass is 10.1. The number of rotatable bonds is 8. The second kappa shape index (κ2) is 13.0. The van der Waals surface area contributed by atoms with E-state index in [1.54, 1.807) is 7.11 Å². The number of methoxy groups -OCH3 is 1. The van der Waals surface area contributed by atoms with Crippen LogP contribution in [0.25, 0.3) is 0 Å². The minimum absolute atomic E-state index is 0. The van der Waals surface area contributed by atoms with Gasteiger partial charge in [-0.05, 0) is 42.3 Å². The Bertz CT molecular complexity index is 774. The number of carbonyl (C=O) groups is 1. The largest absolute Gasteiger partial charge is 0.497 e. The van der Waals surface area contributed by atoms with Crippen LogP contribution < -0.4 is 20.7 Å². The van der Waals surface area contributed by atoms with Gasteiger partial charge in [-0.1, -0.05) is 38.1 Å². The lowest BCUT2D eigenvalue weighted by Crippen LogP contribution is -2.36. The highest BCUT2D eigenvalue weighted by atomic mass is 127. The summed E-state index contributed by atoms with van der Waals surface area (Å²) in [6.07, 6.45) is 0. The van der Waals surface area contributed by atoms with E-state index in [9.17, 15) is 4.79 Å². The number of hydrogen-bond acceptors (Lipinski definition) is 3. The lowest BCUT2D eigenvalue weighted by molar-refractivity contribution is -0.118. The van der Waals surface area contributed by atoms with Crippen molar-refractivity contribution in [2.45, 2.75) is 33.9 Å². The molecule has 1 amide bonds. The van der Waals surface area contributed by atoms with E-state index in [4.69, 9.17) is 4.74 Å². The maximum atomic E-state index is 11.8. The van der Waals surface area contributed by atoms with E-state index in [0.717, 1.165) is 35.1 Å². The number of nitrogens with one attached hydrogen (secondary N) is 3. The van der Waals surface area contributed by atoms with Crippen molar-refractivity contribution in [1.29, 1.82) is 0 Å². The number of halogens is 1. The summed E-state index contributed by atoms with van der Waals surface area (Å²) in [4.78, 5) is 16.4. The zero-order valence-corrected chi connectivity index (χ0v) is 19.8. The SMILES string of the molecule is CCNC(=NCc1ccc(OC)cc1)NCc1ccc(NC(=O)C(C)C)cc1.I. The molecule has 0 spiro atoms. The van der Waals surface area contributed by atoms with Crippen LogP contribution in [0.15, 0.2) is 53.5 Å². The van der Waals surface area contributed by atoms with Crippen molar-refractivity contribution in [3.8, 4) is 5.75 Å². The lowest BCUT2D eigenvalue weighted by Gasteiger charge is -2.12. The van der Waals surface area contributed by atoms with E-state index in [1.165, 1.54) is 0 Å². The van der Waals surface area contributed by atoms with E-state index < -0.39 is 0 Å². The van der Waals surface area contributed by atoms with Gasteiger partial charge in [0.15, 0.2) is 5.96 Å². The van der Waals surface area contributed by atoms with Crippen molar-refractivity contribution in [3.63, 3.8) is 0 Å². The van der Waals surface area contributed by atoms with Crippen LogP contribution >= 0.6 is 24.0 Å². The smallest absolute Gasteiger partial charge is 0.226 e. The molecule has 2 aromatic rings. The minimum Gasteiger partial charge on any atom is -0.497 e. The predicted octanol–water partition coefficient (Wildman–Crippen LogP) is 4.16. The molecule has 29 heavy (non-hydrogen) atoms. The third kappa shape index (κ3) is 8.72. The Labute approximate surface area is 190 Å². The average molecular weight is 510 g/mol. The fraction of sp³-hybridized carbons (Fsp3) is 0.364. The molecule has 7 heteroatoms. The number of aliphatic imine (C=N–C) groups is 1. The van der Waals surface area contributed by atoms with Gasteiger partial charge in [0.25, 0.3) is 0 Å². The average Bonchev–Trinajstić information content (AvgIpc) is 2.71. The summed E-state index contributed by atoms with van der Waals surface area (Å²) in [5.74, 6) is 1.58. The van der Waals surface area contributed by atoms with Crippen molar-refractivity contribution in [3.05, 3.63) is 59.7 Å². The number of carbonyl (C=O) groups excluding carboxylic acids is 1. The molecule has 3 N–H and O–H groups in total. The highest BCUT2D eigenvalue weighted by Gasteiger charge is 2.06. The van der Waals surface area contributed by atoms with Gasteiger partial charge in [-0.2, -0.15) is 0 Å².